The molecule has 0 saturated heterocycles. The molecule has 3 aromatic rings. The van der Waals surface area contributed by atoms with E-state index >= 15 is 0 Å². The molecular weight excluding hydrogens is 334 g/mol. The number of ether oxygens (including phenoxy) is 1. The number of carboxylic acids is 1. The van der Waals surface area contributed by atoms with Gasteiger partial charge in [0.25, 0.3) is 5.91 Å². The minimum Gasteiger partial charge on any atom is -0.486 e. The molecule has 1 amide bonds. The van der Waals surface area contributed by atoms with Gasteiger partial charge in [-0.15, -0.1) is 0 Å². The second-order valence-electron chi connectivity index (χ2n) is 5.70. The molecule has 0 atom stereocenters. The summed E-state index contributed by atoms with van der Waals surface area (Å²) in [6, 6.07) is 17.1. The van der Waals surface area contributed by atoms with Crippen LogP contribution in [0.15, 0.2) is 65.1 Å². The average molecular weight is 351 g/mol. The molecule has 0 aliphatic carbocycles. The fourth-order valence-electron chi connectivity index (χ4n) is 2.27. The van der Waals surface area contributed by atoms with Crippen LogP contribution in [-0.2, 0) is 6.61 Å². The van der Waals surface area contributed by atoms with Gasteiger partial charge in [0.15, 0.2) is 0 Å². The van der Waals surface area contributed by atoms with Gasteiger partial charge in [-0.3, -0.25) is 4.79 Å². The molecule has 0 saturated carbocycles. The minimum absolute atomic E-state index is 0.0994. The number of carboxylic acid groups (broad SMARTS) is 1. The van der Waals surface area contributed by atoms with Gasteiger partial charge in [0.1, 0.15) is 18.1 Å². The lowest BCUT2D eigenvalue weighted by Gasteiger charge is -2.07. The highest BCUT2D eigenvalue weighted by atomic mass is 16.5. The third-order valence-electron chi connectivity index (χ3n) is 3.68. The lowest BCUT2D eigenvalue weighted by atomic mass is 10.2. The number of rotatable bonds is 6. The number of benzene rings is 2. The van der Waals surface area contributed by atoms with E-state index < -0.39 is 5.97 Å². The van der Waals surface area contributed by atoms with Gasteiger partial charge in [-0.2, -0.15) is 0 Å². The first-order chi connectivity index (χ1) is 12.5. The predicted octanol–water partition coefficient (Wildman–Crippen LogP) is 4.12. The molecule has 1 aromatic heterocycles. The van der Waals surface area contributed by atoms with Crippen molar-refractivity contribution in [1.82, 2.24) is 0 Å². The fourth-order valence-corrected chi connectivity index (χ4v) is 2.27. The molecule has 6 heteroatoms. The molecule has 1 heterocycles. The van der Waals surface area contributed by atoms with Gasteiger partial charge in [0.2, 0.25) is 5.76 Å². The zero-order valence-electron chi connectivity index (χ0n) is 14.1. The predicted molar refractivity (Wildman–Crippen MR) is 95.6 cm³/mol. The number of amides is 1. The van der Waals surface area contributed by atoms with Crippen LogP contribution in [0.25, 0.3) is 0 Å². The van der Waals surface area contributed by atoms with Gasteiger partial charge in [-0.05, 0) is 55.5 Å². The van der Waals surface area contributed by atoms with Crippen LogP contribution >= 0.6 is 0 Å². The summed E-state index contributed by atoms with van der Waals surface area (Å²) in [5, 5.41) is 11.6. The van der Waals surface area contributed by atoms with Crippen molar-refractivity contribution in [1.29, 1.82) is 0 Å². The Morgan fingerprint density at radius 2 is 1.69 bits per heavy atom. The van der Waals surface area contributed by atoms with Crippen LogP contribution in [-0.4, -0.2) is 17.0 Å². The Balaban J connectivity index is 1.57. The first kappa shape index (κ1) is 17.3. The van der Waals surface area contributed by atoms with Gasteiger partial charge in [0, 0.05) is 11.3 Å². The second-order valence-corrected chi connectivity index (χ2v) is 5.70. The molecule has 3 rings (SSSR count). The Bertz CT molecular complexity index is 910. The monoisotopic (exact) mass is 351 g/mol. The molecule has 2 N–H and O–H groups in total. The van der Waals surface area contributed by atoms with Crippen molar-refractivity contribution in [2.75, 3.05) is 5.32 Å². The summed E-state index contributed by atoms with van der Waals surface area (Å²) in [6.45, 7) is 2.08. The molecule has 0 spiro atoms. The van der Waals surface area contributed by atoms with E-state index in [1.807, 2.05) is 31.2 Å². The molecule has 0 unspecified atom stereocenters. The number of aromatic carboxylic acids is 1. The lowest BCUT2D eigenvalue weighted by Crippen LogP contribution is -2.11. The van der Waals surface area contributed by atoms with E-state index in [4.69, 9.17) is 14.3 Å². The van der Waals surface area contributed by atoms with Gasteiger partial charge >= 0.3 is 5.97 Å². The summed E-state index contributed by atoms with van der Waals surface area (Å²) >= 11 is 0. The molecule has 132 valence electrons. The summed E-state index contributed by atoms with van der Waals surface area (Å²) in [4.78, 5) is 23.0. The number of carbonyl (C=O) groups excluding carboxylic acids is 1. The fraction of sp³-hybridized carbons (Fsp3) is 0.100. The topological polar surface area (TPSA) is 88.8 Å². The number of hydrogen-bond acceptors (Lipinski definition) is 4. The van der Waals surface area contributed by atoms with Crippen LogP contribution in [0.3, 0.4) is 0 Å². The Hall–Kier alpha value is -3.54. The number of furan rings is 1. The van der Waals surface area contributed by atoms with Crippen LogP contribution in [0.2, 0.25) is 0 Å². The molecule has 0 fully saturated rings. The number of aryl methyl sites for hydroxylation is 1. The van der Waals surface area contributed by atoms with Crippen LogP contribution in [0.4, 0.5) is 5.69 Å². The molecule has 0 radical (unpaired) electrons. The maximum absolute atomic E-state index is 12.2. The molecule has 0 bridgehead atoms. The third-order valence-corrected chi connectivity index (χ3v) is 3.68. The first-order valence-electron chi connectivity index (χ1n) is 7.94. The van der Waals surface area contributed by atoms with Crippen LogP contribution in [0, 0.1) is 6.92 Å². The van der Waals surface area contributed by atoms with E-state index in [1.165, 1.54) is 6.07 Å². The van der Waals surface area contributed by atoms with Crippen molar-refractivity contribution < 1.29 is 23.8 Å². The molecule has 26 heavy (non-hydrogen) atoms. The van der Waals surface area contributed by atoms with E-state index in [0.29, 0.717) is 17.1 Å². The number of carbonyl (C=O) groups is 2. The van der Waals surface area contributed by atoms with Crippen LogP contribution < -0.4 is 10.1 Å². The molecule has 2 aromatic carbocycles. The SMILES string of the molecule is Cc1ccc(NC(=O)c2ccc(OCc3ccc(C(=O)O)o3)cc2)cc1. The Morgan fingerprint density at radius 3 is 2.31 bits per heavy atom. The molecule has 0 aliphatic rings. The zero-order chi connectivity index (χ0) is 18.5. The normalized spacial score (nSPS) is 10.3. The molecular formula is C20H17NO5. The van der Waals surface area contributed by atoms with E-state index in [1.54, 1.807) is 30.3 Å². The Kier molecular flexibility index (Phi) is 5.03. The Morgan fingerprint density at radius 1 is 1.00 bits per heavy atom. The van der Waals surface area contributed by atoms with Gasteiger partial charge in [0.05, 0.1) is 0 Å². The first-order valence-corrected chi connectivity index (χ1v) is 7.94. The molecule has 0 aliphatic heterocycles. The quantitative estimate of drug-likeness (QED) is 0.697. The Labute approximate surface area is 150 Å². The highest BCUT2D eigenvalue weighted by Gasteiger charge is 2.10. The van der Waals surface area contributed by atoms with Gasteiger partial charge in [-0.25, -0.2) is 4.79 Å². The van der Waals surface area contributed by atoms with Crippen molar-refractivity contribution in [3.63, 3.8) is 0 Å². The zero-order valence-corrected chi connectivity index (χ0v) is 14.1. The summed E-state index contributed by atoms with van der Waals surface area (Å²) < 4.78 is 10.6. The van der Waals surface area contributed by atoms with Crippen molar-refractivity contribution in [3.8, 4) is 5.75 Å². The van der Waals surface area contributed by atoms with Crippen molar-refractivity contribution in [2.24, 2.45) is 0 Å². The van der Waals surface area contributed by atoms with Crippen LogP contribution in [0.1, 0.15) is 32.2 Å². The number of nitrogens with one attached hydrogen (secondary N) is 1. The van der Waals surface area contributed by atoms with E-state index in [9.17, 15) is 9.59 Å². The smallest absolute Gasteiger partial charge is 0.371 e. The van der Waals surface area contributed by atoms with Crippen molar-refractivity contribution >= 4 is 17.6 Å². The van der Waals surface area contributed by atoms with Gasteiger partial charge in [-0.1, -0.05) is 17.7 Å². The third kappa shape index (κ3) is 4.30. The van der Waals surface area contributed by atoms with Gasteiger partial charge < -0.3 is 19.6 Å². The van der Waals surface area contributed by atoms with Crippen molar-refractivity contribution in [3.05, 3.63) is 83.3 Å². The lowest BCUT2D eigenvalue weighted by molar-refractivity contribution is 0.0658. The highest BCUT2D eigenvalue weighted by Crippen LogP contribution is 2.17. The van der Waals surface area contributed by atoms with Crippen LogP contribution in [0.5, 0.6) is 5.75 Å². The minimum atomic E-state index is -1.12. The number of anilines is 1. The molecule has 6 nitrogen and oxygen atoms in total. The second kappa shape index (κ2) is 7.57. The number of hydrogen-bond donors (Lipinski definition) is 2. The maximum Gasteiger partial charge on any atom is 0.371 e. The van der Waals surface area contributed by atoms with E-state index in [2.05, 4.69) is 5.32 Å². The largest absolute Gasteiger partial charge is 0.486 e. The summed E-state index contributed by atoms with van der Waals surface area (Å²) in [5.74, 6) is -0.516. The summed E-state index contributed by atoms with van der Waals surface area (Å²) in [5.41, 5.74) is 2.36. The van der Waals surface area contributed by atoms with E-state index in [-0.39, 0.29) is 18.3 Å². The highest BCUT2D eigenvalue weighted by molar-refractivity contribution is 6.04. The summed E-state index contributed by atoms with van der Waals surface area (Å²) in [6.07, 6.45) is 0. The van der Waals surface area contributed by atoms with Crippen molar-refractivity contribution in [2.45, 2.75) is 13.5 Å². The average Bonchev–Trinajstić information content (AvgIpc) is 3.12. The maximum atomic E-state index is 12.2. The standard InChI is InChI=1S/C20H17NO5/c1-13-2-6-15(7-3-13)21-19(22)14-4-8-16(9-5-14)25-12-17-10-11-18(26-17)20(23)24/h2-11H,12H2,1H3,(H,21,22)(H,23,24). The van der Waals surface area contributed by atoms with E-state index in [0.717, 1.165) is 11.3 Å². The summed E-state index contributed by atoms with van der Waals surface area (Å²) in [7, 11) is 0.